The molecule has 0 heterocycles. The summed E-state index contributed by atoms with van der Waals surface area (Å²) in [4.78, 5) is -0.929. The van der Waals surface area contributed by atoms with Gasteiger partial charge >= 0.3 is 10.2 Å². The molecule has 1 atom stereocenters. The average molecular weight is 323 g/mol. The summed E-state index contributed by atoms with van der Waals surface area (Å²) in [7, 11) is -8.77. The van der Waals surface area contributed by atoms with Crippen LogP contribution in [-0.4, -0.2) is 22.9 Å². The van der Waals surface area contributed by atoms with Gasteiger partial charge in [-0.25, -0.2) is 13.1 Å². The minimum absolute atomic E-state index is 0.264. The monoisotopic (exact) mass is 323 g/mol. The van der Waals surface area contributed by atoms with Gasteiger partial charge in [0.25, 0.3) is 0 Å². The van der Waals surface area contributed by atoms with Crippen molar-refractivity contribution in [3.05, 3.63) is 24.3 Å². The molecule has 0 radical (unpaired) electrons. The van der Waals surface area contributed by atoms with Gasteiger partial charge in [-0.05, 0) is 31.5 Å². The van der Waals surface area contributed by atoms with Crippen molar-refractivity contribution in [2.75, 3.05) is 0 Å². The third kappa shape index (κ3) is 4.84. The van der Waals surface area contributed by atoms with Gasteiger partial charge in [-0.15, -0.1) is 3.89 Å². The first-order valence-electron chi connectivity index (χ1n) is 6.24. The van der Waals surface area contributed by atoms with E-state index in [2.05, 4.69) is 4.72 Å². The Kier molecular flexibility index (Phi) is 5.67. The maximum absolute atomic E-state index is 12.9. The number of rotatable bonds is 7. The molecule has 5 nitrogen and oxygen atoms in total. The minimum atomic E-state index is -4.92. The lowest BCUT2D eigenvalue weighted by Crippen LogP contribution is -2.32. The molecule has 1 N–H and O–H groups in total. The van der Waals surface area contributed by atoms with Crippen LogP contribution in [-0.2, 0) is 20.2 Å². The molecule has 1 aromatic rings. The number of halogens is 1. The predicted molar refractivity (Wildman–Crippen MR) is 74.0 cm³/mol. The highest BCUT2D eigenvalue weighted by molar-refractivity contribution is 7.89. The van der Waals surface area contributed by atoms with E-state index >= 15 is 0 Å². The molecular formula is C12H18FNO4S2. The van der Waals surface area contributed by atoms with Gasteiger partial charge in [0.2, 0.25) is 10.0 Å². The molecule has 0 saturated heterocycles. The summed E-state index contributed by atoms with van der Waals surface area (Å²) >= 11 is 0. The Morgan fingerprint density at radius 3 is 2.35 bits per heavy atom. The Balaban J connectivity index is 2.99. The topological polar surface area (TPSA) is 80.3 Å². The minimum Gasteiger partial charge on any atom is -0.208 e. The average Bonchev–Trinajstić information content (AvgIpc) is 2.35. The fourth-order valence-corrected chi connectivity index (χ4v) is 3.60. The van der Waals surface area contributed by atoms with E-state index in [1.54, 1.807) is 6.92 Å². The Morgan fingerprint density at radius 1 is 1.20 bits per heavy atom. The first kappa shape index (κ1) is 17.1. The van der Waals surface area contributed by atoms with Crippen LogP contribution in [0.25, 0.3) is 0 Å². The summed E-state index contributed by atoms with van der Waals surface area (Å²) in [6.07, 6.45) is 2.50. The molecule has 114 valence electrons. The number of nitrogens with one attached hydrogen (secondary N) is 1. The van der Waals surface area contributed by atoms with E-state index in [0.717, 1.165) is 25.0 Å². The van der Waals surface area contributed by atoms with E-state index < -0.39 is 25.1 Å². The molecular weight excluding hydrogens is 305 g/mol. The summed E-state index contributed by atoms with van der Waals surface area (Å²) in [6, 6.07) is 3.96. The molecule has 0 aliphatic carbocycles. The fourth-order valence-electron chi connectivity index (χ4n) is 1.70. The maximum Gasteiger partial charge on any atom is 0.332 e. The second kappa shape index (κ2) is 6.64. The van der Waals surface area contributed by atoms with Crippen molar-refractivity contribution in [3.8, 4) is 0 Å². The molecule has 20 heavy (non-hydrogen) atoms. The molecule has 0 aromatic heterocycles. The number of benzene rings is 1. The third-order valence-electron chi connectivity index (χ3n) is 2.74. The molecule has 8 heteroatoms. The molecule has 0 amide bonds. The number of hydrogen-bond acceptors (Lipinski definition) is 4. The van der Waals surface area contributed by atoms with Crippen molar-refractivity contribution in [1.29, 1.82) is 0 Å². The van der Waals surface area contributed by atoms with Crippen molar-refractivity contribution in [2.24, 2.45) is 0 Å². The van der Waals surface area contributed by atoms with Crippen molar-refractivity contribution in [1.82, 2.24) is 4.72 Å². The van der Waals surface area contributed by atoms with Crippen molar-refractivity contribution < 1.29 is 20.7 Å². The number of hydrogen-bond donors (Lipinski definition) is 1. The van der Waals surface area contributed by atoms with Gasteiger partial charge in [0, 0.05) is 6.04 Å². The lowest BCUT2D eigenvalue weighted by atomic mass is 10.2. The molecule has 0 spiro atoms. The van der Waals surface area contributed by atoms with E-state index in [9.17, 15) is 20.7 Å². The zero-order chi connectivity index (χ0) is 15.4. The predicted octanol–water partition coefficient (Wildman–Crippen LogP) is 2.20. The van der Waals surface area contributed by atoms with E-state index in [1.165, 1.54) is 12.1 Å². The summed E-state index contributed by atoms with van der Waals surface area (Å²) in [5.74, 6) is 0. The first-order valence-corrected chi connectivity index (χ1v) is 9.10. The van der Waals surface area contributed by atoms with Crippen LogP contribution >= 0.6 is 0 Å². The van der Waals surface area contributed by atoms with Crippen molar-refractivity contribution in [3.63, 3.8) is 0 Å². The van der Waals surface area contributed by atoms with Crippen molar-refractivity contribution >= 4 is 20.2 Å². The summed E-state index contributed by atoms with van der Waals surface area (Å²) in [5, 5.41) is 0. The van der Waals surface area contributed by atoms with Gasteiger partial charge in [-0.1, -0.05) is 25.8 Å². The van der Waals surface area contributed by atoms with Gasteiger partial charge < -0.3 is 0 Å². The Morgan fingerprint density at radius 2 is 1.80 bits per heavy atom. The zero-order valence-corrected chi connectivity index (χ0v) is 13.0. The molecule has 1 rings (SSSR count). The highest BCUT2D eigenvalue weighted by Gasteiger charge is 2.20. The largest absolute Gasteiger partial charge is 0.332 e. The van der Waals surface area contributed by atoms with E-state index in [-0.39, 0.29) is 10.9 Å². The SMILES string of the molecule is CCCCC(C)NS(=O)(=O)c1cccc(S(=O)(=O)F)c1. The smallest absolute Gasteiger partial charge is 0.208 e. The van der Waals surface area contributed by atoms with Crippen LogP contribution in [0.5, 0.6) is 0 Å². The normalized spacial score (nSPS) is 14.2. The lowest BCUT2D eigenvalue weighted by Gasteiger charge is -2.14. The number of unbranched alkanes of at least 4 members (excludes halogenated alkanes) is 1. The molecule has 0 aliphatic heterocycles. The Bertz CT molecular complexity index is 656. The highest BCUT2D eigenvalue weighted by Crippen LogP contribution is 2.18. The lowest BCUT2D eigenvalue weighted by molar-refractivity contribution is 0.534. The zero-order valence-electron chi connectivity index (χ0n) is 11.3. The van der Waals surface area contributed by atoms with Gasteiger partial charge in [-0.3, -0.25) is 0 Å². The second-order valence-corrected chi connectivity index (χ2v) is 7.64. The van der Waals surface area contributed by atoms with Crippen LogP contribution in [0.1, 0.15) is 33.1 Å². The van der Waals surface area contributed by atoms with Gasteiger partial charge in [0.05, 0.1) is 9.79 Å². The molecule has 0 saturated carbocycles. The van der Waals surface area contributed by atoms with Crippen LogP contribution in [0, 0.1) is 0 Å². The quantitative estimate of drug-likeness (QED) is 0.780. The van der Waals surface area contributed by atoms with Crippen molar-refractivity contribution in [2.45, 2.75) is 48.9 Å². The van der Waals surface area contributed by atoms with Crippen LogP contribution < -0.4 is 4.72 Å². The second-order valence-electron chi connectivity index (χ2n) is 4.58. The third-order valence-corrected chi connectivity index (χ3v) is 5.15. The standard InChI is InChI=1S/C12H18FNO4S2/c1-3-4-6-10(2)14-20(17,18)12-8-5-7-11(9-12)19(13,15)16/h5,7-10,14H,3-4,6H2,1-2H3. The molecule has 0 aliphatic rings. The highest BCUT2D eigenvalue weighted by atomic mass is 32.3. The molecule has 1 aromatic carbocycles. The first-order chi connectivity index (χ1) is 9.16. The van der Waals surface area contributed by atoms with Crippen LogP contribution in [0.2, 0.25) is 0 Å². The summed E-state index contributed by atoms with van der Waals surface area (Å²) in [5.41, 5.74) is 0. The van der Waals surface area contributed by atoms with Gasteiger partial charge in [-0.2, -0.15) is 8.42 Å². The molecule has 0 fully saturated rings. The van der Waals surface area contributed by atoms with E-state index in [4.69, 9.17) is 0 Å². The number of sulfonamides is 1. The molecule has 0 bridgehead atoms. The van der Waals surface area contributed by atoms with Crippen LogP contribution in [0.3, 0.4) is 0 Å². The van der Waals surface area contributed by atoms with Crippen LogP contribution in [0.4, 0.5) is 3.89 Å². The maximum atomic E-state index is 12.9. The van der Waals surface area contributed by atoms with E-state index in [0.29, 0.717) is 6.42 Å². The summed E-state index contributed by atoms with van der Waals surface area (Å²) in [6.45, 7) is 3.72. The van der Waals surface area contributed by atoms with Gasteiger partial charge in [0.1, 0.15) is 0 Å². The van der Waals surface area contributed by atoms with Crippen LogP contribution in [0.15, 0.2) is 34.1 Å². The Labute approximate surface area is 119 Å². The summed E-state index contributed by atoms with van der Waals surface area (Å²) < 4.78 is 61.0. The fraction of sp³-hybridized carbons (Fsp3) is 0.500. The van der Waals surface area contributed by atoms with E-state index in [1.807, 2.05) is 6.92 Å². The molecule has 1 unspecified atom stereocenters. The van der Waals surface area contributed by atoms with Gasteiger partial charge in [0.15, 0.2) is 0 Å². The Hall–Kier alpha value is -0.990.